The van der Waals surface area contributed by atoms with E-state index in [-0.39, 0.29) is 18.6 Å². The van der Waals surface area contributed by atoms with E-state index in [1.54, 1.807) is 0 Å². The quantitative estimate of drug-likeness (QED) is 0.849. The lowest BCUT2D eigenvalue weighted by Crippen LogP contribution is -2.37. The van der Waals surface area contributed by atoms with Crippen molar-refractivity contribution < 1.29 is 14.3 Å². The summed E-state index contributed by atoms with van der Waals surface area (Å²) in [5, 5.41) is 0. The predicted octanol–water partition coefficient (Wildman–Crippen LogP) is 1.54. The van der Waals surface area contributed by atoms with Crippen molar-refractivity contribution in [1.29, 1.82) is 0 Å². The number of carbonyl (C=O) groups excluding carboxylic acids is 1. The van der Waals surface area contributed by atoms with Crippen molar-refractivity contribution in [2.24, 2.45) is 11.8 Å². The van der Waals surface area contributed by atoms with E-state index < -0.39 is 0 Å². The Bertz CT molecular complexity index is 604. The summed E-state index contributed by atoms with van der Waals surface area (Å²) in [7, 11) is 4.26. The van der Waals surface area contributed by atoms with Crippen LogP contribution >= 0.6 is 0 Å². The van der Waals surface area contributed by atoms with Gasteiger partial charge in [0, 0.05) is 19.1 Å². The van der Waals surface area contributed by atoms with Crippen LogP contribution < -0.4 is 9.47 Å². The van der Waals surface area contributed by atoms with Crippen molar-refractivity contribution in [2.75, 3.05) is 34.0 Å². The minimum atomic E-state index is -0.134. The molecular weight excluding hydrogens is 280 g/mol. The highest BCUT2D eigenvalue weighted by Crippen LogP contribution is 2.48. The Morgan fingerprint density at radius 3 is 2.59 bits per heavy atom. The highest BCUT2D eigenvalue weighted by molar-refractivity contribution is 5.84. The van der Waals surface area contributed by atoms with E-state index in [0.29, 0.717) is 17.9 Å². The number of hydrogen-bond acceptors (Lipinski definition) is 4. The second kappa shape index (κ2) is 4.88. The van der Waals surface area contributed by atoms with Crippen LogP contribution in [0.5, 0.6) is 11.5 Å². The number of piperidine rings is 1. The fourth-order valence-corrected chi connectivity index (χ4v) is 4.04. The van der Waals surface area contributed by atoms with E-state index in [1.807, 2.05) is 30.0 Å². The molecule has 1 aromatic carbocycles. The first-order chi connectivity index (χ1) is 10.6. The molecule has 5 heteroatoms. The molecule has 0 radical (unpaired) electrons. The molecule has 1 amide bonds. The lowest BCUT2D eigenvalue weighted by atomic mass is 9.99. The first-order valence-electron chi connectivity index (χ1n) is 7.91. The highest BCUT2D eigenvalue weighted by atomic mass is 16.7. The van der Waals surface area contributed by atoms with Gasteiger partial charge in [0.2, 0.25) is 12.7 Å². The Balaban J connectivity index is 1.43. The molecule has 4 atom stereocenters. The topological polar surface area (TPSA) is 42.0 Å². The summed E-state index contributed by atoms with van der Waals surface area (Å²) in [5.41, 5.74) is 0.999. The van der Waals surface area contributed by atoms with Crippen LogP contribution in [0.4, 0.5) is 0 Å². The van der Waals surface area contributed by atoms with Gasteiger partial charge in [-0.05, 0) is 50.6 Å². The number of likely N-dealkylation sites (tertiary alicyclic amines) is 1. The second-order valence-corrected chi connectivity index (χ2v) is 6.86. The molecule has 4 rings (SSSR count). The number of carbonyl (C=O) groups is 1. The second-order valence-electron chi connectivity index (χ2n) is 6.86. The fourth-order valence-electron chi connectivity index (χ4n) is 4.04. The summed E-state index contributed by atoms with van der Waals surface area (Å²) in [5.74, 6) is 2.94. The zero-order chi connectivity index (χ0) is 15.4. The van der Waals surface area contributed by atoms with Crippen LogP contribution in [0.25, 0.3) is 0 Å². The third-order valence-electron chi connectivity index (χ3n) is 5.32. The van der Waals surface area contributed by atoms with Crippen LogP contribution in [0.15, 0.2) is 18.2 Å². The lowest BCUT2D eigenvalue weighted by Gasteiger charge is -2.25. The van der Waals surface area contributed by atoms with Crippen molar-refractivity contribution in [1.82, 2.24) is 9.80 Å². The van der Waals surface area contributed by atoms with E-state index in [9.17, 15) is 4.79 Å². The number of nitrogens with zero attached hydrogens (tertiary/aromatic N) is 2. The molecule has 1 saturated heterocycles. The van der Waals surface area contributed by atoms with E-state index >= 15 is 0 Å². The van der Waals surface area contributed by atoms with Crippen LogP contribution in [0.2, 0.25) is 0 Å². The molecule has 5 nitrogen and oxygen atoms in total. The maximum atomic E-state index is 12.7. The number of fused-ring (bicyclic) bond motifs is 2. The summed E-state index contributed by atoms with van der Waals surface area (Å²) in [6, 6.07) is 6.47. The highest BCUT2D eigenvalue weighted by Gasteiger charge is 2.57. The lowest BCUT2D eigenvalue weighted by molar-refractivity contribution is -0.132. The SMILES string of the molecule is CC(C(=O)N1C[C@@H]2C(N(C)C)[C@@H]2C1)c1ccc2c(c1)OCO2. The zero-order valence-corrected chi connectivity index (χ0v) is 13.3. The number of amides is 1. The van der Waals surface area contributed by atoms with Gasteiger partial charge in [0.05, 0.1) is 5.92 Å². The van der Waals surface area contributed by atoms with Gasteiger partial charge < -0.3 is 19.3 Å². The Kier molecular flexibility index (Phi) is 3.08. The molecule has 2 fully saturated rings. The van der Waals surface area contributed by atoms with Crippen molar-refractivity contribution >= 4 is 5.91 Å². The standard InChI is InChI=1S/C17H22N2O3/c1-10(11-4-5-14-15(6-11)22-9-21-14)17(20)19-7-12-13(8-19)16(12)18(2)3/h4-6,10,12-13,16H,7-9H2,1-3H3/t10?,12-,13+,16?. The van der Waals surface area contributed by atoms with Gasteiger partial charge in [0.25, 0.3) is 0 Å². The normalized spacial score (nSPS) is 29.6. The molecule has 22 heavy (non-hydrogen) atoms. The summed E-state index contributed by atoms with van der Waals surface area (Å²) in [6.07, 6.45) is 0. The first-order valence-corrected chi connectivity index (χ1v) is 7.91. The van der Waals surface area contributed by atoms with Gasteiger partial charge in [0.1, 0.15) is 0 Å². The number of ether oxygens (including phenoxy) is 2. The molecular formula is C17H22N2O3. The van der Waals surface area contributed by atoms with Gasteiger partial charge in [-0.2, -0.15) is 0 Å². The monoisotopic (exact) mass is 302 g/mol. The maximum absolute atomic E-state index is 12.7. The Morgan fingerprint density at radius 2 is 1.91 bits per heavy atom. The molecule has 2 heterocycles. The molecule has 1 aromatic rings. The number of hydrogen-bond donors (Lipinski definition) is 0. The molecule has 0 spiro atoms. The zero-order valence-electron chi connectivity index (χ0n) is 13.3. The molecule has 1 aliphatic carbocycles. The van der Waals surface area contributed by atoms with Gasteiger partial charge in [0.15, 0.2) is 11.5 Å². The Labute approximate surface area is 130 Å². The van der Waals surface area contributed by atoms with Crippen LogP contribution in [-0.2, 0) is 4.79 Å². The molecule has 0 aromatic heterocycles. The van der Waals surface area contributed by atoms with Crippen molar-refractivity contribution in [3.63, 3.8) is 0 Å². The third-order valence-corrected chi connectivity index (χ3v) is 5.32. The van der Waals surface area contributed by atoms with Gasteiger partial charge >= 0.3 is 0 Å². The van der Waals surface area contributed by atoms with Crippen molar-refractivity contribution in [2.45, 2.75) is 18.9 Å². The number of benzene rings is 1. The number of rotatable bonds is 3. The van der Waals surface area contributed by atoms with E-state index in [0.717, 1.165) is 30.2 Å². The van der Waals surface area contributed by atoms with Crippen molar-refractivity contribution in [3.8, 4) is 11.5 Å². The molecule has 2 aliphatic heterocycles. The average molecular weight is 302 g/mol. The minimum Gasteiger partial charge on any atom is -0.454 e. The molecule has 2 unspecified atom stereocenters. The van der Waals surface area contributed by atoms with Crippen LogP contribution in [0, 0.1) is 11.8 Å². The van der Waals surface area contributed by atoms with E-state index in [1.165, 1.54) is 0 Å². The van der Waals surface area contributed by atoms with Crippen LogP contribution in [0.3, 0.4) is 0 Å². The van der Waals surface area contributed by atoms with E-state index in [4.69, 9.17) is 9.47 Å². The third kappa shape index (κ3) is 2.07. The molecule has 0 bridgehead atoms. The Hall–Kier alpha value is -1.75. The van der Waals surface area contributed by atoms with Gasteiger partial charge in [-0.1, -0.05) is 6.07 Å². The van der Waals surface area contributed by atoms with Gasteiger partial charge in [-0.25, -0.2) is 0 Å². The molecule has 118 valence electrons. The van der Waals surface area contributed by atoms with Gasteiger partial charge in [-0.15, -0.1) is 0 Å². The summed E-state index contributed by atoms with van der Waals surface area (Å²) in [4.78, 5) is 17.1. The van der Waals surface area contributed by atoms with Gasteiger partial charge in [-0.3, -0.25) is 4.79 Å². The molecule has 0 N–H and O–H groups in total. The Morgan fingerprint density at radius 1 is 1.23 bits per heavy atom. The summed E-state index contributed by atoms with van der Waals surface area (Å²) < 4.78 is 10.7. The fraction of sp³-hybridized carbons (Fsp3) is 0.588. The summed E-state index contributed by atoms with van der Waals surface area (Å²) in [6.45, 7) is 4.05. The van der Waals surface area contributed by atoms with Crippen LogP contribution in [0.1, 0.15) is 18.4 Å². The first kappa shape index (κ1) is 13.9. The minimum absolute atomic E-state index is 0.134. The van der Waals surface area contributed by atoms with Crippen molar-refractivity contribution in [3.05, 3.63) is 23.8 Å². The van der Waals surface area contributed by atoms with Crippen LogP contribution in [-0.4, -0.2) is 55.7 Å². The molecule has 1 saturated carbocycles. The smallest absolute Gasteiger partial charge is 0.231 e. The maximum Gasteiger partial charge on any atom is 0.231 e. The average Bonchev–Trinajstić information content (AvgIpc) is 2.90. The largest absolute Gasteiger partial charge is 0.454 e. The van der Waals surface area contributed by atoms with E-state index in [2.05, 4.69) is 19.0 Å². The predicted molar refractivity (Wildman–Crippen MR) is 82.0 cm³/mol. The summed E-state index contributed by atoms with van der Waals surface area (Å²) >= 11 is 0. The molecule has 3 aliphatic rings.